The van der Waals surface area contributed by atoms with Gasteiger partial charge in [-0.15, -0.1) is 17.0 Å². The first-order valence-corrected chi connectivity index (χ1v) is 5.86. The van der Waals surface area contributed by atoms with Crippen LogP contribution in [-0.4, -0.2) is 18.1 Å². The fraction of sp³-hybridized carbons (Fsp3) is 0.273. The van der Waals surface area contributed by atoms with Crippen molar-refractivity contribution in [1.82, 2.24) is 5.32 Å². The molecule has 4 nitrogen and oxygen atoms in total. The molecule has 0 aliphatic heterocycles. The highest BCUT2D eigenvalue weighted by molar-refractivity contribution is 8.93. The lowest BCUT2D eigenvalue weighted by Gasteiger charge is -2.07. The minimum atomic E-state index is -0.0136. The van der Waals surface area contributed by atoms with Crippen LogP contribution in [0.15, 0.2) is 24.3 Å². The lowest BCUT2D eigenvalue weighted by atomic mass is 10.1. The molecule has 0 saturated carbocycles. The van der Waals surface area contributed by atoms with E-state index < -0.39 is 0 Å². The molecule has 0 spiro atoms. The minimum absolute atomic E-state index is 0. The number of nitrogens with one attached hydrogen (secondary N) is 2. The van der Waals surface area contributed by atoms with Crippen molar-refractivity contribution in [2.75, 3.05) is 7.05 Å². The van der Waals surface area contributed by atoms with Crippen LogP contribution in [0.25, 0.3) is 0 Å². The normalized spacial score (nSPS) is 9.24. The van der Waals surface area contributed by atoms with Gasteiger partial charge in [-0.25, -0.2) is 0 Å². The number of thioether (sulfide) groups is 1. The molecule has 0 aliphatic carbocycles. The van der Waals surface area contributed by atoms with E-state index in [1.807, 2.05) is 24.3 Å². The van der Waals surface area contributed by atoms with E-state index in [4.69, 9.17) is 11.1 Å². The van der Waals surface area contributed by atoms with E-state index in [2.05, 4.69) is 5.32 Å². The van der Waals surface area contributed by atoms with Crippen LogP contribution in [0, 0.1) is 5.41 Å². The van der Waals surface area contributed by atoms with Gasteiger partial charge in [-0.2, -0.15) is 0 Å². The van der Waals surface area contributed by atoms with Crippen LogP contribution in [0.3, 0.4) is 0 Å². The monoisotopic (exact) mass is 317 g/mol. The number of halogens is 1. The summed E-state index contributed by atoms with van der Waals surface area (Å²) in [6, 6.07) is 7.70. The van der Waals surface area contributed by atoms with Gasteiger partial charge in [-0.1, -0.05) is 36.0 Å². The molecule has 0 unspecified atom stereocenters. The van der Waals surface area contributed by atoms with Crippen molar-refractivity contribution in [3.05, 3.63) is 35.4 Å². The third-order valence-corrected chi connectivity index (χ3v) is 2.90. The number of hydrogen-bond donors (Lipinski definition) is 3. The molecule has 1 rings (SSSR count). The van der Waals surface area contributed by atoms with Crippen molar-refractivity contribution in [3.63, 3.8) is 0 Å². The maximum atomic E-state index is 11.3. The summed E-state index contributed by atoms with van der Waals surface area (Å²) in [5, 5.41) is 9.84. The zero-order valence-corrected chi connectivity index (χ0v) is 12.1. The number of carbonyl (C=O) groups excluding carboxylic acids is 1. The zero-order chi connectivity index (χ0) is 12.0. The highest BCUT2D eigenvalue weighted by Crippen LogP contribution is 2.16. The molecular weight excluding hydrogens is 302 g/mol. The van der Waals surface area contributed by atoms with Gasteiger partial charge in [0.05, 0.1) is 6.42 Å². The molecule has 0 aliphatic rings. The first-order valence-electron chi connectivity index (χ1n) is 4.87. The lowest BCUT2D eigenvalue weighted by molar-refractivity contribution is -0.119. The molecule has 0 heterocycles. The second-order valence-electron chi connectivity index (χ2n) is 3.27. The van der Waals surface area contributed by atoms with Crippen LogP contribution in [0.2, 0.25) is 0 Å². The third kappa shape index (κ3) is 5.74. The second-order valence-corrected chi connectivity index (χ2v) is 4.29. The summed E-state index contributed by atoms with van der Waals surface area (Å²) in [5.74, 6) is 0.614. The van der Waals surface area contributed by atoms with Crippen LogP contribution in [0.5, 0.6) is 0 Å². The Kier molecular flexibility index (Phi) is 7.65. The molecular formula is C11H16BrN3OS. The van der Waals surface area contributed by atoms with Gasteiger partial charge >= 0.3 is 0 Å². The van der Waals surface area contributed by atoms with Gasteiger partial charge in [0.25, 0.3) is 0 Å². The predicted molar refractivity (Wildman–Crippen MR) is 77.7 cm³/mol. The predicted octanol–water partition coefficient (Wildman–Crippen LogP) is 1.68. The quantitative estimate of drug-likeness (QED) is 0.584. The molecule has 0 fully saturated rings. The smallest absolute Gasteiger partial charge is 0.224 e. The summed E-state index contributed by atoms with van der Waals surface area (Å²) in [6.07, 6.45) is 0.366. The summed E-state index contributed by atoms with van der Waals surface area (Å²) >= 11 is 1.26. The van der Waals surface area contributed by atoms with Gasteiger partial charge < -0.3 is 11.1 Å². The van der Waals surface area contributed by atoms with E-state index in [0.29, 0.717) is 12.2 Å². The van der Waals surface area contributed by atoms with Crippen molar-refractivity contribution in [2.45, 2.75) is 12.2 Å². The van der Waals surface area contributed by atoms with Crippen molar-refractivity contribution in [1.29, 1.82) is 5.41 Å². The third-order valence-electron chi connectivity index (χ3n) is 2.13. The number of amides is 1. The summed E-state index contributed by atoms with van der Waals surface area (Å²) in [4.78, 5) is 11.3. The number of nitrogens with two attached hydrogens (primary N) is 1. The standard InChI is InChI=1S/C11H15N3OS.BrH/c1-14-10(15)6-8-4-2-3-5-9(8)7-16-11(12)13;/h2-5H,6-7H2,1H3,(H3,12,13)(H,14,15);1H. The maximum Gasteiger partial charge on any atom is 0.224 e. The minimum Gasteiger partial charge on any atom is -0.379 e. The summed E-state index contributed by atoms with van der Waals surface area (Å²) in [7, 11) is 1.62. The van der Waals surface area contributed by atoms with Crippen LogP contribution >= 0.6 is 28.7 Å². The van der Waals surface area contributed by atoms with E-state index in [1.165, 1.54) is 11.8 Å². The Morgan fingerprint density at radius 1 is 1.41 bits per heavy atom. The molecule has 17 heavy (non-hydrogen) atoms. The second kappa shape index (κ2) is 8.14. The highest BCUT2D eigenvalue weighted by atomic mass is 79.9. The number of benzene rings is 1. The molecule has 0 bridgehead atoms. The van der Waals surface area contributed by atoms with Crippen LogP contribution < -0.4 is 11.1 Å². The highest BCUT2D eigenvalue weighted by Gasteiger charge is 2.06. The molecule has 0 aromatic heterocycles. The largest absolute Gasteiger partial charge is 0.379 e. The van der Waals surface area contributed by atoms with Crippen molar-refractivity contribution in [3.8, 4) is 0 Å². The SMILES string of the molecule is Br.CNC(=O)Cc1ccccc1CSC(=N)N. The molecule has 94 valence electrons. The first kappa shape index (κ1) is 16.0. The van der Waals surface area contributed by atoms with Crippen LogP contribution in [-0.2, 0) is 17.0 Å². The number of carbonyl (C=O) groups is 1. The van der Waals surface area contributed by atoms with Crippen molar-refractivity contribution < 1.29 is 4.79 Å². The van der Waals surface area contributed by atoms with E-state index in [-0.39, 0.29) is 28.1 Å². The number of rotatable bonds is 4. The topological polar surface area (TPSA) is 79.0 Å². The average molecular weight is 318 g/mol. The lowest BCUT2D eigenvalue weighted by Crippen LogP contribution is -2.20. The van der Waals surface area contributed by atoms with Gasteiger partial charge in [-0.05, 0) is 11.1 Å². The fourth-order valence-electron chi connectivity index (χ4n) is 1.29. The number of amidine groups is 1. The van der Waals surface area contributed by atoms with Crippen molar-refractivity contribution in [2.24, 2.45) is 5.73 Å². The van der Waals surface area contributed by atoms with Gasteiger partial charge in [0.1, 0.15) is 0 Å². The fourth-order valence-corrected chi connectivity index (χ4v) is 1.88. The Balaban J connectivity index is 0.00000256. The van der Waals surface area contributed by atoms with Crippen LogP contribution in [0.1, 0.15) is 11.1 Å². The number of hydrogen-bond acceptors (Lipinski definition) is 3. The zero-order valence-electron chi connectivity index (χ0n) is 9.53. The van der Waals surface area contributed by atoms with Gasteiger partial charge in [0, 0.05) is 12.8 Å². The van der Waals surface area contributed by atoms with Gasteiger partial charge in [0.2, 0.25) is 5.91 Å². The van der Waals surface area contributed by atoms with Gasteiger partial charge in [0.15, 0.2) is 5.17 Å². The Labute approximate surface area is 116 Å². The molecule has 0 radical (unpaired) electrons. The molecule has 1 aromatic rings. The average Bonchev–Trinajstić information content (AvgIpc) is 2.27. The van der Waals surface area contributed by atoms with E-state index in [1.54, 1.807) is 7.05 Å². The van der Waals surface area contributed by atoms with E-state index in [9.17, 15) is 4.79 Å². The summed E-state index contributed by atoms with van der Waals surface area (Å²) in [5.41, 5.74) is 7.31. The first-order chi connectivity index (χ1) is 7.63. The Hall–Kier alpha value is -1.01. The molecule has 0 saturated heterocycles. The van der Waals surface area contributed by atoms with Crippen molar-refractivity contribution >= 4 is 39.8 Å². The molecule has 6 heteroatoms. The Bertz CT molecular complexity index is 398. The van der Waals surface area contributed by atoms with Gasteiger partial charge in [-0.3, -0.25) is 10.2 Å². The van der Waals surface area contributed by atoms with E-state index >= 15 is 0 Å². The Morgan fingerprint density at radius 2 is 2.00 bits per heavy atom. The molecule has 4 N–H and O–H groups in total. The summed E-state index contributed by atoms with van der Waals surface area (Å²) in [6.45, 7) is 0. The van der Waals surface area contributed by atoms with Crippen LogP contribution in [0.4, 0.5) is 0 Å². The molecule has 1 amide bonds. The van der Waals surface area contributed by atoms with E-state index in [0.717, 1.165) is 11.1 Å². The molecule has 1 aromatic carbocycles. The maximum absolute atomic E-state index is 11.3. The molecule has 0 atom stereocenters. The summed E-state index contributed by atoms with van der Waals surface area (Å²) < 4.78 is 0. The number of likely N-dealkylation sites (N-methyl/N-ethyl adjacent to an activating group) is 1. The Morgan fingerprint density at radius 3 is 2.53 bits per heavy atom.